The highest BCUT2D eigenvalue weighted by atomic mass is 31.1. The third-order valence-corrected chi connectivity index (χ3v) is 10.6. The molecule has 0 saturated heterocycles. The summed E-state index contributed by atoms with van der Waals surface area (Å²) in [4.78, 5) is 0. The summed E-state index contributed by atoms with van der Waals surface area (Å²) in [5.74, 6) is 0. The molecular weight excluding hydrogens is 445 g/mol. The van der Waals surface area contributed by atoms with Crippen LogP contribution in [-0.2, 0) is 32.1 Å². The lowest BCUT2D eigenvalue weighted by Gasteiger charge is -2.41. The first-order chi connectivity index (χ1) is 16.6. The van der Waals surface area contributed by atoms with Gasteiger partial charge in [0.05, 0.1) is 16.8 Å². The number of benzene rings is 2. The van der Waals surface area contributed by atoms with Crippen LogP contribution in [0.4, 0.5) is 0 Å². The molecule has 4 aliphatic rings. The van der Waals surface area contributed by atoms with Crippen LogP contribution in [-0.4, -0.2) is 25.3 Å². The molecule has 0 fully saturated rings. The quantitative estimate of drug-likeness (QED) is 0.264. The van der Waals surface area contributed by atoms with Gasteiger partial charge in [-0.1, -0.05) is 103 Å². The van der Waals surface area contributed by atoms with Crippen molar-refractivity contribution in [3.63, 3.8) is 0 Å². The number of rotatable bonds is 6. The first kappa shape index (κ1) is 26.1. The van der Waals surface area contributed by atoms with Crippen molar-refractivity contribution in [3.05, 3.63) is 70.4 Å². The number of aryl methyl sites for hydroxylation is 5. The zero-order chi connectivity index (χ0) is 25.2. The zero-order valence-corrected chi connectivity index (χ0v) is 23.9. The molecule has 188 valence electrons. The lowest BCUT2D eigenvalue weighted by atomic mass is 9.95. The second kappa shape index (κ2) is 10.6. The van der Waals surface area contributed by atoms with Gasteiger partial charge in [0.25, 0.3) is 0 Å². The Morgan fingerprint density at radius 1 is 0.771 bits per heavy atom. The summed E-state index contributed by atoms with van der Waals surface area (Å²) in [7, 11) is -0.520. The Bertz CT molecular complexity index is 1120. The molecule has 4 bridgehead atoms. The van der Waals surface area contributed by atoms with Crippen LogP contribution in [0.1, 0.15) is 95.7 Å². The molecule has 0 unspecified atom stereocenters. The van der Waals surface area contributed by atoms with Gasteiger partial charge in [-0.05, 0) is 85.1 Å². The molecule has 35 heavy (non-hydrogen) atoms. The van der Waals surface area contributed by atoms with Gasteiger partial charge in [-0.2, -0.15) is 0 Å². The van der Waals surface area contributed by atoms with E-state index in [1.807, 2.05) is 0 Å². The molecule has 1 aromatic heterocycles. The number of nitrogens with zero attached hydrogens (tertiary/aromatic N) is 3. The molecule has 0 radical (unpaired) electrons. The third-order valence-electron chi connectivity index (χ3n) is 7.07. The van der Waals surface area contributed by atoms with Crippen LogP contribution in [0.15, 0.2) is 42.5 Å². The monoisotopic (exact) mass is 489 g/mol. The minimum Gasteiger partial charge on any atom is -0.213 e. The van der Waals surface area contributed by atoms with Gasteiger partial charge in [0.2, 0.25) is 0 Å². The van der Waals surface area contributed by atoms with Crippen LogP contribution in [0.3, 0.4) is 0 Å². The lowest BCUT2D eigenvalue weighted by Crippen LogP contribution is -2.36. The molecule has 3 aromatic rings. The van der Waals surface area contributed by atoms with Gasteiger partial charge < -0.3 is 0 Å². The third kappa shape index (κ3) is 6.05. The van der Waals surface area contributed by atoms with E-state index in [-0.39, 0.29) is 10.3 Å². The Hall–Kier alpha value is -1.99. The summed E-state index contributed by atoms with van der Waals surface area (Å²) in [6, 6.07) is 16.3. The van der Waals surface area contributed by atoms with E-state index in [0.29, 0.717) is 0 Å². The summed E-state index contributed by atoms with van der Waals surface area (Å²) in [5, 5.41) is 10.1. The van der Waals surface area contributed by atoms with Gasteiger partial charge >= 0.3 is 0 Å². The molecular formula is C31H44N3P. The summed E-state index contributed by atoms with van der Waals surface area (Å²) >= 11 is 0. The first-order valence-corrected chi connectivity index (χ1v) is 14.9. The van der Waals surface area contributed by atoms with E-state index >= 15 is 0 Å². The Balaban J connectivity index is 1.86. The van der Waals surface area contributed by atoms with E-state index in [4.69, 9.17) is 10.3 Å². The van der Waals surface area contributed by atoms with Gasteiger partial charge in [-0.25, -0.2) is 4.68 Å². The average molecular weight is 490 g/mol. The van der Waals surface area contributed by atoms with Gasteiger partial charge in [0.1, 0.15) is 0 Å². The maximum Gasteiger partial charge on any atom is 0.0914 e. The van der Waals surface area contributed by atoms with Crippen molar-refractivity contribution in [3.8, 4) is 5.69 Å². The summed E-state index contributed by atoms with van der Waals surface area (Å²) in [6.07, 6.45) is 8.86. The van der Waals surface area contributed by atoms with Crippen molar-refractivity contribution in [2.45, 2.75) is 110 Å². The minimum absolute atomic E-state index is 0.159. The van der Waals surface area contributed by atoms with E-state index in [1.165, 1.54) is 58.3 Å². The second-order valence-electron chi connectivity index (χ2n) is 12.2. The number of aromatic nitrogens is 3. The predicted molar refractivity (Wildman–Crippen MR) is 152 cm³/mol. The summed E-state index contributed by atoms with van der Waals surface area (Å²) in [6.45, 7) is 16.7. The molecule has 4 aliphatic carbocycles. The van der Waals surface area contributed by atoms with Crippen LogP contribution >= 0.6 is 7.92 Å². The fourth-order valence-electron chi connectivity index (χ4n) is 5.65. The highest BCUT2D eigenvalue weighted by Gasteiger charge is 2.40. The molecule has 2 aromatic carbocycles. The van der Waals surface area contributed by atoms with Crippen LogP contribution in [0.2, 0.25) is 0 Å². The highest BCUT2D eigenvalue weighted by molar-refractivity contribution is 7.68. The number of unbranched alkanes of at least 4 members (excludes halogenated alkanes) is 2. The molecule has 0 N–H and O–H groups in total. The Morgan fingerprint density at radius 3 is 1.94 bits per heavy atom. The van der Waals surface area contributed by atoms with E-state index in [0.717, 1.165) is 32.1 Å². The summed E-state index contributed by atoms with van der Waals surface area (Å²) in [5.41, 5.74) is 9.47. The molecule has 0 spiro atoms. The second-order valence-corrected chi connectivity index (χ2v) is 16.0. The topological polar surface area (TPSA) is 30.7 Å². The van der Waals surface area contributed by atoms with E-state index in [1.54, 1.807) is 0 Å². The number of hydrogen-bond acceptors (Lipinski definition) is 2. The SMILES string of the molecule is CCCCCc1nnn(-c2cc3ccc2CCc2ccc(cc2)CC3)c1P(C(C)(C)C)C(C)(C)C. The van der Waals surface area contributed by atoms with E-state index < -0.39 is 7.92 Å². The van der Waals surface area contributed by atoms with Crippen molar-refractivity contribution in [2.75, 3.05) is 0 Å². The zero-order valence-electron chi connectivity index (χ0n) is 23.0. The standard InChI is InChI=1S/C31H44N3P/c1-8-9-10-11-27-29(35(30(2,3)4)31(5,6)7)34(33-32-27)28-22-25-17-16-23-12-14-24(15-13-23)18-20-26(28)21-19-25/h12-15,19,21-22H,8-11,16-18,20H2,1-7H3. The van der Waals surface area contributed by atoms with Crippen molar-refractivity contribution in [1.82, 2.24) is 15.0 Å². The summed E-state index contributed by atoms with van der Waals surface area (Å²) < 4.78 is 2.27. The fraction of sp³-hybridized carbons (Fsp3) is 0.548. The molecule has 7 rings (SSSR count). The van der Waals surface area contributed by atoms with Gasteiger partial charge in [-0.15, -0.1) is 5.10 Å². The van der Waals surface area contributed by atoms with Crippen molar-refractivity contribution in [2.24, 2.45) is 0 Å². The Labute approximate surface area is 214 Å². The molecule has 4 heteroatoms. The van der Waals surface area contributed by atoms with Crippen LogP contribution in [0, 0.1) is 0 Å². The first-order valence-electron chi connectivity index (χ1n) is 13.5. The molecule has 3 nitrogen and oxygen atoms in total. The lowest BCUT2D eigenvalue weighted by molar-refractivity contribution is 0.702. The smallest absolute Gasteiger partial charge is 0.0914 e. The Morgan fingerprint density at radius 2 is 1.34 bits per heavy atom. The highest BCUT2D eigenvalue weighted by Crippen LogP contribution is 2.58. The predicted octanol–water partition coefficient (Wildman–Crippen LogP) is 7.59. The van der Waals surface area contributed by atoms with Gasteiger partial charge in [0.15, 0.2) is 0 Å². The van der Waals surface area contributed by atoms with Crippen molar-refractivity contribution in [1.29, 1.82) is 0 Å². The van der Waals surface area contributed by atoms with Crippen molar-refractivity contribution < 1.29 is 0 Å². The molecule has 0 aliphatic heterocycles. The molecule has 0 amide bonds. The minimum atomic E-state index is -0.520. The van der Waals surface area contributed by atoms with Crippen LogP contribution < -0.4 is 5.44 Å². The molecule has 0 saturated carbocycles. The molecule has 0 atom stereocenters. The largest absolute Gasteiger partial charge is 0.213 e. The molecule has 1 heterocycles. The van der Waals surface area contributed by atoms with Crippen molar-refractivity contribution >= 4 is 13.4 Å². The van der Waals surface area contributed by atoms with E-state index in [9.17, 15) is 0 Å². The fourth-order valence-corrected chi connectivity index (χ4v) is 9.69. The normalized spacial score (nSPS) is 14.4. The van der Waals surface area contributed by atoms with Crippen LogP contribution in [0.25, 0.3) is 5.69 Å². The Kier molecular flexibility index (Phi) is 7.86. The maximum absolute atomic E-state index is 4.91. The number of hydrogen-bond donors (Lipinski definition) is 0. The van der Waals surface area contributed by atoms with Crippen LogP contribution in [0.5, 0.6) is 0 Å². The average Bonchev–Trinajstić information content (AvgIpc) is 3.16. The van der Waals surface area contributed by atoms with Gasteiger partial charge in [0, 0.05) is 0 Å². The maximum atomic E-state index is 4.91. The van der Waals surface area contributed by atoms with E-state index in [2.05, 4.69) is 95.6 Å². The van der Waals surface area contributed by atoms with Gasteiger partial charge in [-0.3, -0.25) is 0 Å².